The van der Waals surface area contributed by atoms with Gasteiger partial charge in [0.15, 0.2) is 0 Å². The predicted molar refractivity (Wildman–Crippen MR) is 90.0 cm³/mol. The van der Waals surface area contributed by atoms with E-state index in [0.29, 0.717) is 24.5 Å². The Morgan fingerprint density at radius 3 is 2.55 bits per heavy atom. The number of aryl methyl sites for hydroxylation is 1. The number of anilines is 3. The summed E-state index contributed by atoms with van der Waals surface area (Å²) in [6.07, 6.45) is -0.505. The molecule has 0 aliphatic heterocycles. The van der Waals surface area contributed by atoms with Gasteiger partial charge in [-0.25, -0.2) is 4.79 Å². The molecule has 2 aromatic rings. The van der Waals surface area contributed by atoms with Gasteiger partial charge in [0.05, 0.1) is 18.0 Å². The molecular weight excluding hydrogens is 278 g/mol. The van der Waals surface area contributed by atoms with E-state index in [0.717, 1.165) is 5.69 Å². The molecule has 0 bridgehead atoms. The second-order valence-electron chi connectivity index (χ2n) is 4.99. The van der Waals surface area contributed by atoms with Gasteiger partial charge in [0, 0.05) is 12.2 Å². The molecule has 0 aliphatic rings. The van der Waals surface area contributed by atoms with Crippen molar-refractivity contribution in [2.75, 3.05) is 23.0 Å². The van der Waals surface area contributed by atoms with Crippen LogP contribution in [0.1, 0.15) is 18.1 Å². The first-order valence-corrected chi connectivity index (χ1v) is 7.21. The fourth-order valence-corrected chi connectivity index (χ4v) is 1.97. The van der Waals surface area contributed by atoms with Crippen molar-refractivity contribution in [2.24, 2.45) is 0 Å². The van der Waals surface area contributed by atoms with E-state index in [1.54, 1.807) is 19.1 Å². The average molecular weight is 299 g/mol. The summed E-state index contributed by atoms with van der Waals surface area (Å²) in [5, 5.41) is 5.91. The van der Waals surface area contributed by atoms with Crippen molar-refractivity contribution < 1.29 is 9.53 Å². The Balaban J connectivity index is 1.97. The van der Waals surface area contributed by atoms with Crippen molar-refractivity contribution in [3.05, 3.63) is 53.6 Å². The first kappa shape index (κ1) is 15.7. The topological polar surface area (TPSA) is 76.4 Å². The third kappa shape index (κ3) is 4.41. The van der Waals surface area contributed by atoms with Crippen LogP contribution in [0.25, 0.3) is 0 Å². The maximum atomic E-state index is 11.4. The third-order valence-electron chi connectivity index (χ3n) is 3.18. The van der Waals surface area contributed by atoms with Gasteiger partial charge >= 0.3 is 6.09 Å². The number of hydrogen-bond donors (Lipinski definition) is 3. The van der Waals surface area contributed by atoms with Crippen LogP contribution in [-0.2, 0) is 11.3 Å². The van der Waals surface area contributed by atoms with Gasteiger partial charge in [0.1, 0.15) is 0 Å². The lowest BCUT2D eigenvalue weighted by atomic mass is 10.1. The Bertz CT molecular complexity index is 639. The van der Waals surface area contributed by atoms with E-state index in [1.807, 2.05) is 6.07 Å². The summed E-state index contributed by atoms with van der Waals surface area (Å²) >= 11 is 0. The van der Waals surface area contributed by atoms with E-state index in [4.69, 9.17) is 10.5 Å². The molecule has 0 radical (unpaired) electrons. The average Bonchev–Trinajstić information content (AvgIpc) is 2.49. The lowest BCUT2D eigenvalue weighted by molar-refractivity contribution is 0.168. The predicted octanol–water partition coefficient (Wildman–Crippen LogP) is 3.76. The zero-order valence-electron chi connectivity index (χ0n) is 12.8. The van der Waals surface area contributed by atoms with E-state index < -0.39 is 6.09 Å². The number of nitrogens with one attached hydrogen (secondary N) is 2. The van der Waals surface area contributed by atoms with Crippen LogP contribution in [0.15, 0.2) is 42.5 Å². The fourth-order valence-electron chi connectivity index (χ4n) is 1.97. The lowest BCUT2D eigenvalue weighted by Crippen LogP contribution is -2.14. The smallest absolute Gasteiger partial charge is 0.411 e. The number of nitrogens with two attached hydrogens (primary N) is 1. The summed E-state index contributed by atoms with van der Waals surface area (Å²) in [7, 11) is 0. The van der Waals surface area contributed by atoms with Gasteiger partial charge in [-0.1, -0.05) is 29.8 Å². The van der Waals surface area contributed by atoms with Crippen molar-refractivity contribution in [2.45, 2.75) is 20.4 Å². The number of benzene rings is 2. The normalized spacial score (nSPS) is 10.1. The highest BCUT2D eigenvalue weighted by molar-refractivity contribution is 5.89. The molecule has 0 atom stereocenters. The Kier molecular flexibility index (Phi) is 5.25. The SMILES string of the molecule is CCOC(=O)Nc1ccc(NCc2ccc(C)cc2)cc1N. The summed E-state index contributed by atoms with van der Waals surface area (Å²) < 4.78 is 4.82. The van der Waals surface area contributed by atoms with Gasteiger partial charge in [0.25, 0.3) is 0 Å². The molecule has 0 saturated heterocycles. The number of carbonyl (C=O) groups excluding carboxylic acids is 1. The Morgan fingerprint density at radius 1 is 1.18 bits per heavy atom. The van der Waals surface area contributed by atoms with Crippen molar-refractivity contribution >= 4 is 23.2 Å². The van der Waals surface area contributed by atoms with Crippen LogP contribution in [0.4, 0.5) is 21.9 Å². The molecule has 22 heavy (non-hydrogen) atoms. The summed E-state index contributed by atoms with van der Waals surface area (Å²) in [6, 6.07) is 13.7. The van der Waals surface area contributed by atoms with E-state index >= 15 is 0 Å². The summed E-state index contributed by atoms with van der Waals surface area (Å²) in [6.45, 7) is 4.85. The quantitative estimate of drug-likeness (QED) is 0.735. The molecular formula is C17H21N3O2. The molecule has 0 spiro atoms. The Morgan fingerprint density at radius 2 is 1.91 bits per heavy atom. The first-order chi connectivity index (χ1) is 10.6. The molecule has 0 aliphatic carbocycles. The molecule has 0 aromatic heterocycles. The second-order valence-corrected chi connectivity index (χ2v) is 4.99. The van der Waals surface area contributed by atoms with Gasteiger partial charge in [0.2, 0.25) is 0 Å². The number of rotatable bonds is 5. The highest BCUT2D eigenvalue weighted by Gasteiger charge is 2.06. The minimum atomic E-state index is -0.505. The van der Waals surface area contributed by atoms with Crippen LogP contribution in [0.3, 0.4) is 0 Å². The second kappa shape index (κ2) is 7.36. The lowest BCUT2D eigenvalue weighted by Gasteiger charge is -2.11. The number of ether oxygens (including phenoxy) is 1. The largest absolute Gasteiger partial charge is 0.450 e. The fraction of sp³-hybridized carbons (Fsp3) is 0.235. The maximum Gasteiger partial charge on any atom is 0.411 e. The monoisotopic (exact) mass is 299 g/mol. The van der Waals surface area contributed by atoms with Crippen LogP contribution in [0.2, 0.25) is 0 Å². The van der Waals surface area contributed by atoms with E-state index in [2.05, 4.69) is 41.8 Å². The molecule has 0 fully saturated rings. The Labute approximate surface area is 130 Å². The van der Waals surface area contributed by atoms with Crippen molar-refractivity contribution in [1.82, 2.24) is 0 Å². The molecule has 0 saturated carbocycles. The summed E-state index contributed by atoms with van der Waals surface area (Å²) in [4.78, 5) is 11.4. The number of hydrogen-bond acceptors (Lipinski definition) is 4. The van der Waals surface area contributed by atoms with Crippen molar-refractivity contribution in [3.63, 3.8) is 0 Å². The molecule has 5 nitrogen and oxygen atoms in total. The standard InChI is InChI=1S/C17H21N3O2/c1-3-22-17(21)20-16-9-8-14(10-15(16)18)19-11-13-6-4-12(2)5-7-13/h4-10,19H,3,11,18H2,1-2H3,(H,20,21). The highest BCUT2D eigenvalue weighted by atomic mass is 16.5. The molecule has 0 heterocycles. The van der Waals surface area contributed by atoms with Crippen LogP contribution in [0.5, 0.6) is 0 Å². The van der Waals surface area contributed by atoms with E-state index in [1.165, 1.54) is 11.1 Å². The molecule has 2 rings (SSSR count). The first-order valence-electron chi connectivity index (χ1n) is 7.21. The number of nitrogen functional groups attached to an aromatic ring is 1. The van der Waals surface area contributed by atoms with Crippen LogP contribution >= 0.6 is 0 Å². The zero-order chi connectivity index (χ0) is 15.9. The summed E-state index contributed by atoms with van der Waals surface area (Å²) in [5.74, 6) is 0. The highest BCUT2D eigenvalue weighted by Crippen LogP contribution is 2.23. The summed E-state index contributed by atoms with van der Waals surface area (Å²) in [5.41, 5.74) is 10.3. The van der Waals surface area contributed by atoms with Crippen molar-refractivity contribution in [1.29, 1.82) is 0 Å². The molecule has 5 heteroatoms. The Hall–Kier alpha value is -2.69. The molecule has 116 valence electrons. The molecule has 4 N–H and O–H groups in total. The number of carbonyl (C=O) groups is 1. The van der Waals surface area contributed by atoms with Gasteiger partial charge in [-0.3, -0.25) is 5.32 Å². The van der Waals surface area contributed by atoms with Gasteiger partial charge in [-0.2, -0.15) is 0 Å². The molecule has 2 aromatic carbocycles. The zero-order valence-corrected chi connectivity index (χ0v) is 12.8. The van der Waals surface area contributed by atoms with Crippen LogP contribution < -0.4 is 16.4 Å². The van der Waals surface area contributed by atoms with E-state index in [-0.39, 0.29) is 0 Å². The third-order valence-corrected chi connectivity index (χ3v) is 3.18. The molecule has 0 unspecified atom stereocenters. The van der Waals surface area contributed by atoms with Crippen LogP contribution in [0, 0.1) is 6.92 Å². The van der Waals surface area contributed by atoms with Crippen molar-refractivity contribution in [3.8, 4) is 0 Å². The maximum absolute atomic E-state index is 11.4. The molecule has 1 amide bonds. The number of amides is 1. The van der Waals surface area contributed by atoms with Gasteiger partial charge in [-0.15, -0.1) is 0 Å². The minimum Gasteiger partial charge on any atom is -0.450 e. The minimum absolute atomic E-state index is 0.321. The van der Waals surface area contributed by atoms with Gasteiger partial charge < -0.3 is 15.8 Å². The van der Waals surface area contributed by atoms with Crippen LogP contribution in [-0.4, -0.2) is 12.7 Å². The van der Waals surface area contributed by atoms with Gasteiger partial charge in [-0.05, 0) is 37.6 Å². The van der Waals surface area contributed by atoms with E-state index in [9.17, 15) is 4.79 Å².